The lowest BCUT2D eigenvalue weighted by Gasteiger charge is -2.33. The van der Waals surface area contributed by atoms with Crippen LogP contribution in [0.4, 0.5) is 4.79 Å². The molecule has 1 aromatic rings. The lowest BCUT2D eigenvalue weighted by Crippen LogP contribution is -2.44. The van der Waals surface area contributed by atoms with Crippen molar-refractivity contribution >= 4 is 6.03 Å². The molecule has 88 valence electrons. The van der Waals surface area contributed by atoms with E-state index in [0.29, 0.717) is 11.8 Å². The summed E-state index contributed by atoms with van der Waals surface area (Å²) in [7, 11) is 1.92. The van der Waals surface area contributed by atoms with Gasteiger partial charge in [0, 0.05) is 13.1 Å². The van der Waals surface area contributed by atoms with Gasteiger partial charge in [-0.1, -0.05) is 13.8 Å². The van der Waals surface area contributed by atoms with Gasteiger partial charge in [0.1, 0.15) is 12.4 Å². The minimum absolute atomic E-state index is 0.0963. The molecule has 1 aliphatic heterocycles. The summed E-state index contributed by atoms with van der Waals surface area (Å²) >= 11 is 0. The molecule has 0 bridgehead atoms. The second-order valence-corrected chi connectivity index (χ2v) is 5.12. The molecule has 1 saturated heterocycles. The number of imidazole rings is 1. The summed E-state index contributed by atoms with van der Waals surface area (Å²) in [5.41, 5.74) is 0. The van der Waals surface area contributed by atoms with Gasteiger partial charge < -0.3 is 4.90 Å². The fourth-order valence-corrected chi connectivity index (χ4v) is 2.55. The number of piperidine rings is 1. The number of nitrogens with zero attached hydrogens (tertiary/aromatic N) is 3. The first-order chi connectivity index (χ1) is 7.56. The van der Waals surface area contributed by atoms with Crippen molar-refractivity contribution in [3.05, 3.63) is 18.7 Å². The Bertz CT molecular complexity index is 375. The van der Waals surface area contributed by atoms with Crippen LogP contribution in [0.15, 0.2) is 18.7 Å². The standard InChI is InChI=1S/C12H20N3O/c1-10-6-11(2)8-15(7-10)12(16)14-5-4-13(3)9-14/h4-5,9-11H,6-8H2,1-3H3/q+1/t10-,11-/m1/s1. The Hall–Kier alpha value is -1.32. The monoisotopic (exact) mass is 222 g/mol. The normalized spacial score (nSPS) is 25.8. The zero-order valence-electron chi connectivity index (χ0n) is 10.3. The van der Waals surface area contributed by atoms with Crippen LogP contribution < -0.4 is 4.57 Å². The number of amides is 1. The Morgan fingerprint density at radius 1 is 1.31 bits per heavy atom. The van der Waals surface area contributed by atoms with Crippen LogP contribution in [0.2, 0.25) is 0 Å². The van der Waals surface area contributed by atoms with Gasteiger partial charge in [0.2, 0.25) is 0 Å². The van der Waals surface area contributed by atoms with Crippen LogP contribution in [0, 0.1) is 11.8 Å². The van der Waals surface area contributed by atoms with Crippen LogP contribution in [0.3, 0.4) is 0 Å². The number of hydrogen-bond acceptors (Lipinski definition) is 1. The van der Waals surface area contributed by atoms with Crippen LogP contribution in [0.1, 0.15) is 20.3 Å². The van der Waals surface area contributed by atoms with E-state index in [1.807, 2.05) is 35.2 Å². The third-order valence-electron chi connectivity index (χ3n) is 3.13. The summed E-state index contributed by atoms with van der Waals surface area (Å²) < 4.78 is 3.54. The fourth-order valence-electron chi connectivity index (χ4n) is 2.55. The van der Waals surface area contributed by atoms with E-state index >= 15 is 0 Å². The number of likely N-dealkylation sites (tertiary alicyclic amines) is 1. The van der Waals surface area contributed by atoms with E-state index < -0.39 is 0 Å². The highest BCUT2D eigenvalue weighted by atomic mass is 16.2. The number of aryl methyl sites for hydroxylation is 1. The second kappa shape index (κ2) is 4.28. The molecule has 0 spiro atoms. The Morgan fingerprint density at radius 2 is 1.94 bits per heavy atom. The molecule has 16 heavy (non-hydrogen) atoms. The molecule has 0 saturated carbocycles. The Labute approximate surface area is 96.5 Å². The van der Waals surface area contributed by atoms with E-state index in [0.717, 1.165) is 13.1 Å². The van der Waals surface area contributed by atoms with Crippen molar-refractivity contribution < 1.29 is 9.36 Å². The topological polar surface area (TPSA) is 29.1 Å². The average Bonchev–Trinajstić information content (AvgIpc) is 2.62. The molecule has 1 aliphatic rings. The van der Waals surface area contributed by atoms with E-state index in [-0.39, 0.29) is 6.03 Å². The van der Waals surface area contributed by atoms with E-state index in [4.69, 9.17) is 0 Å². The molecule has 0 N–H and O–H groups in total. The molecule has 1 aromatic heterocycles. The maximum absolute atomic E-state index is 12.2. The summed E-state index contributed by atoms with van der Waals surface area (Å²) in [4.78, 5) is 14.1. The maximum atomic E-state index is 12.2. The highest BCUT2D eigenvalue weighted by Crippen LogP contribution is 2.21. The molecule has 2 rings (SSSR count). The van der Waals surface area contributed by atoms with Crippen molar-refractivity contribution in [2.45, 2.75) is 20.3 Å². The number of aromatic nitrogens is 2. The Balaban J connectivity index is 2.09. The van der Waals surface area contributed by atoms with Crippen LogP contribution in [-0.2, 0) is 7.05 Å². The Morgan fingerprint density at radius 3 is 2.44 bits per heavy atom. The van der Waals surface area contributed by atoms with Crippen molar-refractivity contribution in [1.29, 1.82) is 0 Å². The minimum atomic E-state index is 0.0963. The summed E-state index contributed by atoms with van der Waals surface area (Å²) in [5.74, 6) is 1.22. The van der Waals surface area contributed by atoms with Crippen molar-refractivity contribution in [1.82, 2.24) is 9.47 Å². The minimum Gasteiger partial charge on any atom is -0.304 e. The molecule has 2 heterocycles. The van der Waals surface area contributed by atoms with Gasteiger partial charge >= 0.3 is 6.03 Å². The molecule has 1 amide bonds. The Kier molecular flexibility index (Phi) is 2.99. The number of hydrogen-bond donors (Lipinski definition) is 0. The molecule has 4 heteroatoms. The van der Waals surface area contributed by atoms with E-state index in [1.165, 1.54) is 6.42 Å². The third kappa shape index (κ3) is 2.26. The summed E-state index contributed by atoms with van der Waals surface area (Å²) in [6, 6.07) is 0.0963. The maximum Gasteiger partial charge on any atom is 0.415 e. The smallest absolute Gasteiger partial charge is 0.304 e. The average molecular weight is 222 g/mol. The molecule has 0 aliphatic carbocycles. The summed E-state index contributed by atoms with van der Waals surface area (Å²) in [5, 5.41) is 0. The predicted molar refractivity (Wildman–Crippen MR) is 60.9 cm³/mol. The largest absolute Gasteiger partial charge is 0.415 e. The first kappa shape index (κ1) is 11.2. The van der Waals surface area contributed by atoms with Gasteiger partial charge in [-0.3, -0.25) is 0 Å². The zero-order chi connectivity index (χ0) is 11.7. The number of rotatable bonds is 0. The molecule has 0 unspecified atom stereocenters. The van der Waals surface area contributed by atoms with Gasteiger partial charge in [-0.25, -0.2) is 9.36 Å². The SMILES string of the molecule is C[C@@H]1C[C@@H](C)CN(C(=O)n2cc[n+](C)c2)C1. The molecule has 0 aromatic carbocycles. The molecule has 4 nitrogen and oxygen atoms in total. The fraction of sp³-hybridized carbons (Fsp3) is 0.667. The molecule has 0 radical (unpaired) electrons. The lowest BCUT2D eigenvalue weighted by atomic mass is 9.92. The van der Waals surface area contributed by atoms with Crippen LogP contribution in [0.25, 0.3) is 0 Å². The molecule has 2 atom stereocenters. The lowest BCUT2D eigenvalue weighted by molar-refractivity contribution is -0.670. The summed E-state index contributed by atoms with van der Waals surface area (Å²) in [6.07, 6.45) is 6.73. The van der Waals surface area contributed by atoms with Gasteiger partial charge in [0.15, 0.2) is 0 Å². The van der Waals surface area contributed by atoms with Gasteiger partial charge in [0.05, 0.1) is 7.05 Å². The van der Waals surface area contributed by atoms with E-state index in [9.17, 15) is 4.79 Å². The second-order valence-electron chi connectivity index (χ2n) is 5.12. The third-order valence-corrected chi connectivity index (χ3v) is 3.13. The van der Waals surface area contributed by atoms with Crippen molar-refractivity contribution in [2.75, 3.05) is 13.1 Å². The van der Waals surface area contributed by atoms with Gasteiger partial charge in [-0.2, -0.15) is 4.57 Å². The van der Waals surface area contributed by atoms with Crippen LogP contribution in [0.5, 0.6) is 0 Å². The van der Waals surface area contributed by atoms with Crippen molar-refractivity contribution in [3.8, 4) is 0 Å². The first-order valence-corrected chi connectivity index (χ1v) is 5.88. The highest BCUT2D eigenvalue weighted by molar-refractivity contribution is 5.76. The highest BCUT2D eigenvalue weighted by Gasteiger charge is 2.28. The molecule has 1 fully saturated rings. The van der Waals surface area contributed by atoms with Gasteiger partial charge in [0.25, 0.3) is 6.33 Å². The van der Waals surface area contributed by atoms with Gasteiger partial charge in [-0.05, 0) is 18.3 Å². The number of carbonyl (C=O) groups is 1. The zero-order valence-corrected chi connectivity index (χ0v) is 10.3. The summed E-state index contributed by atoms with van der Waals surface area (Å²) in [6.45, 7) is 6.19. The van der Waals surface area contributed by atoms with E-state index in [1.54, 1.807) is 4.57 Å². The van der Waals surface area contributed by atoms with Gasteiger partial charge in [-0.15, -0.1) is 0 Å². The predicted octanol–water partition coefficient (Wildman–Crippen LogP) is 1.26. The van der Waals surface area contributed by atoms with Crippen LogP contribution in [-0.4, -0.2) is 28.6 Å². The van der Waals surface area contributed by atoms with Crippen molar-refractivity contribution in [3.63, 3.8) is 0 Å². The molecular formula is C12H20N3O+. The van der Waals surface area contributed by atoms with E-state index in [2.05, 4.69) is 13.8 Å². The number of carbonyl (C=O) groups excluding carboxylic acids is 1. The first-order valence-electron chi connectivity index (χ1n) is 5.88. The molecular weight excluding hydrogens is 202 g/mol. The van der Waals surface area contributed by atoms with Crippen LogP contribution >= 0.6 is 0 Å². The van der Waals surface area contributed by atoms with Crippen molar-refractivity contribution in [2.24, 2.45) is 18.9 Å². The quantitative estimate of drug-likeness (QED) is 0.608.